The summed E-state index contributed by atoms with van der Waals surface area (Å²) in [5.74, 6) is 0.00375. The van der Waals surface area contributed by atoms with E-state index >= 15 is 0 Å². The van der Waals surface area contributed by atoms with Gasteiger partial charge in [-0.2, -0.15) is 0 Å². The second-order valence-corrected chi connectivity index (χ2v) is 4.63. The molecule has 0 saturated carbocycles. The molecular formula is C12H13N3OS. The number of aryl methyl sites for hydroxylation is 1. The molecule has 88 valence electrons. The molecule has 1 N–H and O–H groups in total. The predicted molar refractivity (Wildman–Crippen MR) is 66.6 cm³/mol. The van der Waals surface area contributed by atoms with Gasteiger partial charge in [0.2, 0.25) is 5.91 Å². The van der Waals surface area contributed by atoms with Crippen molar-refractivity contribution in [1.82, 2.24) is 15.3 Å². The number of amides is 1. The number of pyridine rings is 1. The first-order valence-electron chi connectivity index (χ1n) is 5.30. The van der Waals surface area contributed by atoms with Gasteiger partial charge in [0.25, 0.3) is 0 Å². The van der Waals surface area contributed by atoms with Crippen molar-refractivity contribution < 1.29 is 4.79 Å². The fraction of sp³-hybridized carbons (Fsp3) is 0.250. The van der Waals surface area contributed by atoms with Crippen LogP contribution in [-0.2, 0) is 17.8 Å². The maximum absolute atomic E-state index is 11.6. The summed E-state index contributed by atoms with van der Waals surface area (Å²) in [5.41, 5.74) is 1.96. The Morgan fingerprint density at radius 3 is 2.82 bits per heavy atom. The highest BCUT2D eigenvalue weighted by Crippen LogP contribution is 2.08. The van der Waals surface area contributed by atoms with Crippen LogP contribution in [0.15, 0.2) is 29.9 Å². The highest BCUT2D eigenvalue weighted by molar-refractivity contribution is 7.09. The van der Waals surface area contributed by atoms with E-state index in [9.17, 15) is 4.79 Å². The number of nitrogens with one attached hydrogen (secondary N) is 1. The highest BCUT2D eigenvalue weighted by atomic mass is 32.1. The van der Waals surface area contributed by atoms with Crippen LogP contribution in [0.2, 0.25) is 0 Å². The summed E-state index contributed by atoms with van der Waals surface area (Å²) in [6, 6.07) is 3.68. The van der Waals surface area contributed by atoms with Gasteiger partial charge in [-0.3, -0.25) is 9.78 Å². The Bertz CT molecular complexity index is 495. The molecular weight excluding hydrogens is 234 g/mol. The molecule has 0 aromatic carbocycles. The van der Waals surface area contributed by atoms with Crippen molar-refractivity contribution in [3.8, 4) is 0 Å². The quantitative estimate of drug-likeness (QED) is 0.894. The number of carbonyl (C=O) groups excluding carboxylic acids is 1. The molecule has 2 heterocycles. The molecule has 1 amide bonds. The molecule has 0 aliphatic heterocycles. The summed E-state index contributed by atoms with van der Waals surface area (Å²) < 4.78 is 0. The molecule has 0 spiro atoms. The van der Waals surface area contributed by atoms with E-state index in [-0.39, 0.29) is 5.91 Å². The van der Waals surface area contributed by atoms with Crippen LogP contribution in [-0.4, -0.2) is 15.9 Å². The Labute approximate surface area is 104 Å². The van der Waals surface area contributed by atoms with Crippen LogP contribution in [0, 0.1) is 6.92 Å². The number of nitrogens with zero attached hydrogens (tertiary/aromatic N) is 2. The molecule has 0 aliphatic carbocycles. The maximum atomic E-state index is 11.6. The smallest absolute Gasteiger partial charge is 0.224 e. The van der Waals surface area contributed by atoms with Gasteiger partial charge >= 0.3 is 0 Å². The predicted octanol–water partition coefficient (Wildman–Crippen LogP) is 1.71. The second kappa shape index (κ2) is 5.54. The molecule has 0 unspecified atom stereocenters. The lowest BCUT2D eigenvalue weighted by Crippen LogP contribution is -2.24. The Hall–Kier alpha value is -1.75. The minimum absolute atomic E-state index is 0.00375. The van der Waals surface area contributed by atoms with Crippen molar-refractivity contribution in [3.05, 3.63) is 46.2 Å². The first-order chi connectivity index (χ1) is 8.24. The standard InChI is InChI=1S/C12H13N3OS/c1-9-8-17-12(15-9)7-14-11(16)6-10-2-4-13-5-3-10/h2-5,8H,6-7H2,1H3,(H,14,16). The average Bonchev–Trinajstić information content (AvgIpc) is 2.74. The van der Waals surface area contributed by atoms with Gasteiger partial charge in [-0.05, 0) is 24.6 Å². The molecule has 0 atom stereocenters. The Kier molecular flexibility index (Phi) is 3.82. The third-order valence-electron chi connectivity index (χ3n) is 2.22. The zero-order valence-corrected chi connectivity index (χ0v) is 10.3. The molecule has 2 aromatic rings. The molecule has 0 aliphatic rings. The highest BCUT2D eigenvalue weighted by Gasteiger charge is 2.04. The van der Waals surface area contributed by atoms with E-state index in [1.807, 2.05) is 24.4 Å². The van der Waals surface area contributed by atoms with E-state index in [0.29, 0.717) is 13.0 Å². The lowest BCUT2D eigenvalue weighted by atomic mass is 10.2. The number of thiazole rings is 1. The first-order valence-corrected chi connectivity index (χ1v) is 6.18. The van der Waals surface area contributed by atoms with Crippen molar-refractivity contribution >= 4 is 17.2 Å². The fourth-order valence-corrected chi connectivity index (χ4v) is 2.12. The van der Waals surface area contributed by atoms with E-state index in [4.69, 9.17) is 0 Å². The van der Waals surface area contributed by atoms with Crippen LogP contribution in [0.1, 0.15) is 16.3 Å². The van der Waals surface area contributed by atoms with Crippen LogP contribution in [0.25, 0.3) is 0 Å². The van der Waals surface area contributed by atoms with Crippen LogP contribution in [0.5, 0.6) is 0 Å². The minimum atomic E-state index is 0.00375. The van der Waals surface area contributed by atoms with Crippen molar-refractivity contribution in [2.45, 2.75) is 19.9 Å². The average molecular weight is 247 g/mol. The summed E-state index contributed by atoms with van der Waals surface area (Å²) >= 11 is 1.56. The van der Waals surface area contributed by atoms with Gasteiger partial charge < -0.3 is 5.32 Å². The van der Waals surface area contributed by atoms with Gasteiger partial charge in [-0.1, -0.05) is 0 Å². The van der Waals surface area contributed by atoms with Crippen LogP contribution in [0.3, 0.4) is 0 Å². The summed E-state index contributed by atoms with van der Waals surface area (Å²) in [6.45, 7) is 2.45. The molecule has 0 radical (unpaired) electrons. The van der Waals surface area contributed by atoms with E-state index < -0.39 is 0 Å². The van der Waals surface area contributed by atoms with Gasteiger partial charge in [0.1, 0.15) is 5.01 Å². The van der Waals surface area contributed by atoms with Gasteiger partial charge in [0, 0.05) is 23.5 Å². The lowest BCUT2D eigenvalue weighted by Gasteiger charge is -2.02. The molecule has 2 rings (SSSR count). The zero-order valence-electron chi connectivity index (χ0n) is 9.51. The number of carbonyl (C=O) groups is 1. The summed E-state index contributed by atoms with van der Waals surface area (Å²) in [6.07, 6.45) is 3.76. The number of rotatable bonds is 4. The molecule has 4 nitrogen and oxygen atoms in total. The van der Waals surface area contributed by atoms with E-state index in [1.165, 1.54) is 0 Å². The van der Waals surface area contributed by atoms with Gasteiger partial charge in [0.05, 0.1) is 13.0 Å². The van der Waals surface area contributed by atoms with Crippen LogP contribution < -0.4 is 5.32 Å². The summed E-state index contributed by atoms with van der Waals surface area (Å²) in [7, 11) is 0. The summed E-state index contributed by atoms with van der Waals surface area (Å²) in [5, 5.41) is 5.76. The van der Waals surface area contributed by atoms with Crippen molar-refractivity contribution in [1.29, 1.82) is 0 Å². The van der Waals surface area contributed by atoms with Crippen molar-refractivity contribution in [3.63, 3.8) is 0 Å². The van der Waals surface area contributed by atoms with E-state index in [1.54, 1.807) is 23.7 Å². The molecule has 2 aromatic heterocycles. The molecule has 0 saturated heterocycles. The van der Waals surface area contributed by atoms with E-state index in [2.05, 4.69) is 15.3 Å². The molecule has 0 bridgehead atoms. The largest absolute Gasteiger partial charge is 0.349 e. The minimum Gasteiger partial charge on any atom is -0.349 e. The monoisotopic (exact) mass is 247 g/mol. The van der Waals surface area contributed by atoms with Crippen molar-refractivity contribution in [2.75, 3.05) is 0 Å². The van der Waals surface area contributed by atoms with Gasteiger partial charge in [-0.25, -0.2) is 4.98 Å². The third kappa shape index (κ3) is 3.64. The lowest BCUT2D eigenvalue weighted by molar-refractivity contribution is -0.120. The zero-order chi connectivity index (χ0) is 12.1. The van der Waals surface area contributed by atoms with Gasteiger partial charge in [0.15, 0.2) is 0 Å². The van der Waals surface area contributed by atoms with Crippen LogP contribution in [0.4, 0.5) is 0 Å². The Balaban J connectivity index is 1.82. The third-order valence-corrected chi connectivity index (χ3v) is 3.18. The van der Waals surface area contributed by atoms with Crippen LogP contribution >= 0.6 is 11.3 Å². The number of hydrogen-bond acceptors (Lipinski definition) is 4. The molecule has 17 heavy (non-hydrogen) atoms. The van der Waals surface area contributed by atoms with Gasteiger partial charge in [-0.15, -0.1) is 11.3 Å². The normalized spacial score (nSPS) is 10.2. The SMILES string of the molecule is Cc1csc(CNC(=O)Cc2ccncc2)n1. The van der Waals surface area contributed by atoms with E-state index in [0.717, 1.165) is 16.3 Å². The maximum Gasteiger partial charge on any atom is 0.224 e. The Morgan fingerprint density at radius 2 is 2.18 bits per heavy atom. The Morgan fingerprint density at radius 1 is 1.41 bits per heavy atom. The topological polar surface area (TPSA) is 54.9 Å². The summed E-state index contributed by atoms with van der Waals surface area (Å²) in [4.78, 5) is 19.8. The first kappa shape index (κ1) is 11.7. The second-order valence-electron chi connectivity index (χ2n) is 3.69. The fourth-order valence-electron chi connectivity index (χ4n) is 1.41. The molecule has 5 heteroatoms. The molecule has 0 fully saturated rings. The number of aromatic nitrogens is 2. The van der Waals surface area contributed by atoms with Crippen molar-refractivity contribution in [2.24, 2.45) is 0 Å². The number of hydrogen-bond donors (Lipinski definition) is 1.